The van der Waals surface area contributed by atoms with E-state index in [0.717, 1.165) is 17.5 Å². The maximum atomic E-state index is 14.1. The van der Waals surface area contributed by atoms with Crippen molar-refractivity contribution in [2.24, 2.45) is 0 Å². The number of hydrogen-bond acceptors (Lipinski definition) is 4. The van der Waals surface area contributed by atoms with Crippen molar-refractivity contribution in [3.05, 3.63) is 71.8 Å². The highest BCUT2D eigenvalue weighted by Crippen LogP contribution is 2.42. The topological polar surface area (TPSA) is 78.4 Å². The van der Waals surface area contributed by atoms with Gasteiger partial charge in [0.15, 0.2) is 5.78 Å². The number of nitrogens with one attached hydrogen (secondary N) is 2. The van der Waals surface area contributed by atoms with Gasteiger partial charge in [0, 0.05) is 12.6 Å². The molecule has 2 aromatic carbocycles. The molecule has 140 valence electrons. The molecule has 0 aliphatic carbocycles. The average molecular weight is 364 g/mol. The van der Waals surface area contributed by atoms with Gasteiger partial charge in [-0.3, -0.25) is 14.9 Å². The van der Waals surface area contributed by atoms with Crippen LogP contribution in [0.3, 0.4) is 0 Å². The summed E-state index contributed by atoms with van der Waals surface area (Å²) in [4.78, 5) is 26.1. The molecule has 27 heavy (non-hydrogen) atoms. The third-order valence-electron chi connectivity index (χ3n) is 6.22. The summed E-state index contributed by atoms with van der Waals surface area (Å²) in [6, 6.07) is 18.5. The molecule has 3 atom stereocenters. The number of hydrogen-bond donors (Lipinski definition) is 3. The number of aliphatic carboxylic acids is 1. The lowest BCUT2D eigenvalue weighted by Gasteiger charge is -2.44. The number of carbonyl (C=O) groups excluding carboxylic acids is 1. The first-order valence-electron chi connectivity index (χ1n) is 9.38. The Kier molecular flexibility index (Phi) is 4.36. The van der Waals surface area contributed by atoms with Crippen molar-refractivity contribution in [3.8, 4) is 0 Å². The van der Waals surface area contributed by atoms with Crippen LogP contribution < -0.4 is 10.6 Å². The van der Waals surface area contributed by atoms with Gasteiger partial charge in [0.05, 0.1) is 5.41 Å². The second-order valence-electron chi connectivity index (χ2n) is 7.72. The van der Waals surface area contributed by atoms with Crippen LogP contribution in [0.2, 0.25) is 0 Å². The van der Waals surface area contributed by atoms with Crippen LogP contribution in [0.15, 0.2) is 60.7 Å². The smallest absolute Gasteiger partial charge is 0.323 e. The minimum Gasteiger partial charge on any atom is -0.480 e. The van der Waals surface area contributed by atoms with Crippen LogP contribution in [0.5, 0.6) is 0 Å². The number of carboxylic acids is 1. The molecule has 2 saturated heterocycles. The molecular formula is C22H24N2O3. The molecule has 2 bridgehead atoms. The lowest BCUT2D eigenvalue weighted by molar-refractivity contribution is -0.147. The van der Waals surface area contributed by atoms with Gasteiger partial charge >= 0.3 is 5.97 Å². The second kappa shape index (κ2) is 6.59. The van der Waals surface area contributed by atoms with Crippen molar-refractivity contribution in [2.45, 2.75) is 42.8 Å². The van der Waals surface area contributed by atoms with E-state index >= 15 is 0 Å². The molecule has 5 nitrogen and oxygen atoms in total. The fourth-order valence-electron chi connectivity index (χ4n) is 4.75. The Morgan fingerprint density at radius 2 is 1.59 bits per heavy atom. The Morgan fingerprint density at radius 3 is 2.11 bits per heavy atom. The summed E-state index contributed by atoms with van der Waals surface area (Å²) < 4.78 is 0. The van der Waals surface area contributed by atoms with E-state index in [1.54, 1.807) is 0 Å². The third-order valence-corrected chi connectivity index (χ3v) is 6.22. The lowest BCUT2D eigenvalue weighted by Crippen LogP contribution is -2.73. The van der Waals surface area contributed by atoms with Crippen molar-refractivity contribution in [3.63, 3.8) is 0 Å². The average Bonchev–Trinajstić information content (AvgIpc) is 3.05. The molecule has 2 aliphatic heterocycles. The van der Waals surface area contributed by atoms with E-state index in [2.05, 4.69) is 10.6 Å². The van der Waals surface area contributed by atoms with E-state index in [-0.39, 0.29) is 11.8 Å². The van der Waals surface area contributed by atoms with Crippen LogP contribution in [-0.4, -0.2) is 41.0 Å². The van der Waals surface area contributed by atoms with Crippen LogP contribution >= 0.6 is 0 Å². The minimum absolute atomic E-state index is 0.0884. The highest BCUT2D eigenvalue weighted by molar-refractivity contribution is 6.04. The molecule has 0 aromatic heterocycles. The number of benzene rings is 2. The number of carboxylic acid groups (broad SMARTS) is 1. The lowest BCUT2D eigenvalue weighted by atomic mass is 9.64. The van der Waals surface area contributed by atoms with Gasteiger partial charge < -0.3 is 10.4 Å². The van der Waals surface area contributed by atoms with E-state index in [4.69, 9.17) is 0 Å². The first-order chi connectivity index (χ1) is 13.0. The zero-order chi connectivity index (χ0) is 19.1. The van der Waals surface area contributed by atoms with E-state index < -0.39 is 23.0 Å². The molecule has 3 N–H and O–H groups in total. The Balaban J connectivity index is 1.88. The maximum absolute atomic E-state index is 14.1. The van der Waals surface area contributed by atoms with E-state index in [1.807, 2.05) is 67.6 Å². The van der Waals surface area contributed by atoms with Gasteiger partial charge in [-0.2, -0.15) is 0 Å². The number of rotatable bonds is 5. The largest absolute Gasteiger partial charge is 0.480 e. The summed E-state index contributed by atoms with van der Waals surface area (Å²) in [5, 5.41) is 16.3. The normalized spacial score (nSPS) is 27.3. The summed E-state index contributed by atoms with van der Waals surface area (Å²) in [5.41, 5.74) is -0.321. The molecule has 0 saturated carbocycles. The Hall–Kier alpha value is -2.50. The SMILES string of the molecule is CC(C(=O)C12CCC(CNC1C(=O)O)N2)(c1ccccc1)c1ccccc1. The van der Waals surface area contributed by atoms with E-state index in [1.165, 1.54) is 0 Å². The fraction of sp³-hybridized carbons (Fsp3) is 0.364. The van der Waals surface area contributed by atoms with E-state index in [0.29, 0.717) is 13.0 Å². The van der Waals surface area contributed by atoms with Crippen LogP contribution in [-0.2, 0) is 15.0 Å². The van der Waals surface area contributed by atoms with Gasteiger partial charge in [-0.1, -0.05) is 60.7 Å². The van der Waals surface area contributed by atoms with Crippen LogP contribution in [0.4, 0.5) is 0 Å². The highest BCUT2D eigenvalue weighted by atomic mass is 16.4. The minimum atomic E-state index is -1.12. The molecule has 2 fully saturated rings. The first-order valence-corrected chi connectivity index (χ1v) is 9.38. The molecule has 2 heterocycles. The zero-order valence-corrected chi connectivity index (χ0v) is 15.3. The summed E-state index contributed by atoms with van der Waals surface area (Å²) >= 11 is 0. The zero-order valence-electron chi connectivity index (χ0n) is 15.3. The van der Waals surface area contributed by atoms with Crippen LogP contribution in [0.25, 0.3) is 0 Å². The Labute approximate surface area is 158 Å². The van der Waals surface area contributed by atoms with Gasteiger partial charge in [-0.25, -0.2) is 0 Å². The van der Waals surface area contributed by atoms with Crippen molar-refractivity contribution in [1.82, 2.24) is 10.6 Å². The monoisotopic (exact) mass is 364 g/mol. The van der Waals surface area contributed by atoms with Gasteiger partial charge in [-0.15, -0.1) is 0 Å². The number of fused-ring (bicyclic) bond motifs is 2. The van der Waals surface area contributed by atoms with E-state index in [9.17, 15) is 14.7 Å². The summed E-state index contributed by atoms with van der Waals surface area (Å²) in [7, 11) is 0. The predicted molar refractivity (Wildman–Crippen MR) is 103 cm³/mol. The number of ketones is 1. The molecule has 0 amide bonds. The number of Topliss-reactive ketones (excluding diaryl/α,β-unsaturated/α-hetero) is 1. The van der Waals surface area contributed by atoms with Crippen LogP contribution in [0, 0.1) is 0 Å². The van der Waals surface area contributed by atoms with Gasteiger partial charge in [0.2, 0.25) is 0 Å². The third kappa shape index (κ3) is 2.69. The molecule has 0 spiro atoms. The van der Waals surface area contributed by atoms with Crippen molar-refractivity contribution in [1.29, 1.82) is 0 Å². The van der Waals surface area contributed by atoms with Gasteiger partial charge in [0.1, 0.15) is 11.6 Å². The standard InChI is InChI=1S/C22H24N2O3/c1-21(15-8-4-2-5-9-15,16-10-6-3-7-11-16)20(27)22-13-12-17(24-22)14-23-18(22)19(25)26/h2-11,17-18,23-24H,12-14H2,1H3,(H,25,26). The highest BCUT2D eigenvalue weighted by Gasteiger charge is 2.60. The van der Waals surface area contributed by atoms with Gasteiger partial charge in [0.25, 0.3) is 0 Å². The molecule has 0 radical (unpaired) electrons. The number of piperazine rings is 1. The maximum Gasteiger partial charge on any atom is 0.323 e. The van der Waals surface area contributed by atoms with Crippen LogP contribution in [0.1, 0.15) is 30.9 Å². The summed E-state index contributed by atoms with van der Waals surface area (Å²) in [5.74, 6) is -1.07. The Bertz CT molecular complexity index is 813. The van der Waals surface area contributed by atoms with Gasteiger partial charge in [-0.05, 0) is 30.9 Å². The predicted octanol–water partition coefficient (Wildman–Crippen LogP) is 2.11. The van der Waals surface area contributed by atoms with Crippen molar-refractivity contribution < 1.29 is 14.7 Å². The second-order valence-corrected chi connectivity index (χ2v) is 7.72. The summed E-state index contributed by atoms with van der Waals surface area (Å²) in [6.07, 6.45) is 1.32. The molecule has 3 unspecified atom stereocenters. The quantitative estimate of drug-likeness (QED) is 0.757. The molecular weight excluding hydrogens is 340 g/mol. The molecule has 4 rings (SSSR count). The van der Waals surface area contributed by atoms with Crippen molar-refractivity contribution in [2.75, 3.05) is 6.54 Å². The van der Waals surface area contributed by atoms with Crippen molar-refractivity contribution >= 4 is 11.8 Å². The fourth-order valence-corrected chi connectivity index (χ4v) is 4.75. The number of carbonyl (C=O) groups is 2. The molecule has 2 aromatic rings. The first kappa shape index (κ1) is 17.9. The Morgan fingerprint density at radius 1 is 1.04 bits per heavy atom. The molecule has 2 aliphatic rings. The summed E-state index contributed by atoms with van der Waals surface area (Å²) in [6.45, 7) is 2.48. The molecule has 5 heteroatoms.